The predicted octanol–water partition coefficient (Wildman–Crippen LogP) is 2.93. The number of para-hydroxylation sites is 1. The molecule has 0 atom stereocenters. The molecule has 2 aromatic heterocycles. The first-order chi connectivity index (χ1) is 15.5. The minimum absolute atomic E-state index is 0.0334. The van der Waals surface area contributed by atoms with Gasteiger partial charge in [0.05, 0.1) is 30.3 Å². The number of esters is 1. The highest BCUT2D eigenvalue weighted by molar-refractivity contribution is 7.99. The molecule has 9 nitrogen and oxygen atoms in total. The molecule has 2 N–H and O–H groups in total. The Bertz CT molecular complexity index is 1360. The van der Waals surface area contributed by atoms with E-state index in [-0.39, 0.29) is 17.2 Å². The molecule has 0 fully saturated rings. The van der Waals surface area contributed by atoms with Gasteiger partial charge in [0.15, 0.2) is 10.8 Å². The topological polar surface area (TPSA) is 119 Å². The number of aromatic nitrogens is 4. The molecule has 0 unspecified atom stereocenters. The predicted molar refractivity (Wildman–Crippen MR) is 121 cm³/mol. The minimum atomic E-state index is -0.450. The lowest BCUT2D eigenvalue weighted by molar-refractivity contribution is -0.113. The number of carbonyl (C=O) groups is 2. The number of fused-ring (bicyclic) bond motifs is 1. The molecular formula is C22H19N5O4S. The minimum Gasteiger partial charge on any atom is -0.465 e. The number of amides is 1. The average molecular weight is 449 g/mol. The van der Waals surface area contributed by atoms with E-state index in [0.29, 0.717) is 27.4 Å². The molecular weight excluding hydrogens is 430 g/mol. The fraction of sp³-hybridized carbons (Fsp3) is 0.136. The van der Waals surface area contributed by atoms with E-state index in [1.807, 2.05) is 31.2 Å². The molecule has 0 saturated heterocycles. The van der Waals surface area contributed by atoms with E-state index in [1.165, 1.54) is 13.3 Å². The summed E-state index contributed by atoms with van der Waals surface area (Å²) in [6.07, 6.45) is 1.48. The number of benzene rings is 2. The van der Waals surface area contributed by atoms with Gasteiger partial charge in [-0.15, -0.1) is 0 Å². The summed E-state index contributed by atoms with van der Waals surface area (Å²) in [5, 5.41) is 7.74. The van der Waals surface area contributed by atoms with Gasteiger partial charge in [0.25, 0.3) is 5.56 Å². The van der Waals surface area contributed by atoms with Crippen molar-refractivity contribution in [3.63, 3.8) is 0 Å². The van der Waals surface area contributed by atoms with Crippen LogP contribution in [0.1, 0.15) is 15.9 Å². The number of ether oxygens (including phenoxy) is 1. The Hall–Kier alpha value is -3.92. The third-order valence-electron chi connectivity index (χ3n) is 4.69. The van der Waals surface area contributed by atoms with Crippen LogP contribution in [-0.4, -0.2) is 44.5 Å². The first-order valence-corrected chi connectivity index (χ1v) is 10.6. The highest BCUT2D eigenvalue weighted by Crippen LogP contribution is 2.20. The van der Waals surface area contributed by atoms with E-state index in [1.54, 1.807) is 28.9 Å². The molecule has 162 valence electrons. The summed E-state index contributed by atoms with van der Waals surface area (Å²) in [6.45, 7) is 1.95. The zero-order valence-corrected chi connectivity index (χ0v) is 18.1. The third kappa shape index (κ3) is 4.40. The molecule has 0 bridgehead atoms. The van der Waals surface area contributed by atoms with Crippen LogP contribution in [0, 0.1) is 6.92 Å². The Balaban J connectivity index is 1.49. The lowest BCUT2D eigenvalue weighted by Gasteiger charge is -2.08. The number of rotatable bonds is 6. The number of aryl methyl sites for hydroxylation is 1. The smallest absolute Gasteiger partial charge is 0.337 e. The molecule has 0 aliphatic carbocycles. The summed E-state index contributed by atoms with van der Waals surface area (Å²) in [4.78, 5) is 43.5. The molecule has 0 radical (unpaired) electrons. The van der Waals surface area contributed by atoms with Crippen molar-refractivity contribution >= 4 is 40.4 Å². The summed E-state index contributed by atoms with van der Waals surface area (Å²) >= 11 is 1.11. The van der Waals surface area contributed by atoms with Crippen LogP contribution in [0.5, 0.6) is 0 Å². The number of carbonyl (C=O) groups excluding carboxylic acids is 2. The molecule has 4 aromatic rings. The Kier molecular flexibility index (Phi) is 6.04. The maximum atomic E-state index is 12.5. The van der Waals surface area contributed by atoms with Crippen LogP contribution in [0.2, 0.25) is 0 Å². The van der Waals surface area contributed by atoms with Gasteiger partial charge in [0.2, 0.25) is 5.91 Å². The Labute approximate surface area is 186 Å². The first kappa shape index (κ1) is 21.3. The van der Waals surface area contributed by atoms with Crippen molar-refractivity contribution in [2.24, 2.45) is 0 Å². The third-order valence-corrected chi connectivity index (χ3v) is 5.56. The SMILES string of the molecule is COC(=O)c1ccc(NC(=O)CSc2nc3c(cnn3-c3ccccc3C)c(=O)[nH]2)cc1. The number of nitrogens with one attached hydrogen (secondary N) is 2. The van der Waals surface area contributed by atoms with Gasteiger partial charge in [-0.2, -0.15) is 5.10 Å². The van der Waals surface area contributed by atoms with Crippen molar-refractivity contribution < 1.29 is 14.3 Å². The van der Waals surface area contributed by atoms with Gasteiger partial charge in [-0.25, -0.2) is 14.5 Å². The number of aromatic amines is 1. The maximum Gasteiger partial charge on any atom is 0.337 e. The Morgan fingerprint density at radius 3 is 2.62 bits per heavy atom. The van der Waals surface area contributed by atoms with Crippen molar-refractivity contribution in [3.8, 4) is 5.69 Å². The lowest BCUT2D eigenvalue weighted by atomic mass is 10.2. The van der Waals surface area contributed by atoms with Crippen molar-refractivity contribution in [1.29, 1.82) is 0 Å². The van der Waals surface area contributed by atoms with E-state index in [0.717, 1.165) is 23.0 Å². The molecule has 10 heteroatoms. The summed E-state index contributed by atoms with van der Waals surface area (Å²) < 4.78 is 6.27. The molecule has 32 heavy (non-hydrogen) atoms. The van der Waals surface area contributed by atoms with Crippen molar-refractivity contribution in [1.82, 2.24) is 19.7 Å². The molecule has 1 amide bonds. The van der Waals surface area contributed by atoms with Crippen LogP contribution in [0.15, 0.2) is 64.7 Å². The summed E-state index contributed by atoms with van der Waals surface area (Å²) in [6, 6.07) is 14.0. The average Bonchev–Trinajstić information content (AvgIpc) is 3.22. The van der Waals surface area contributed by atoms with Gasteiger partial charge in [-0.1, -0.05) is 30.0 Å². The van der Waals surface area contributed by atoms with Gasteiger partial charge >= 0.3 is 5.97 Å². The number of anilines is 1. The highest BCUT2D eigenvalue weighted by Gasteiger charge is 2.14. The molecule has 0 aliphatic heterocycles. The van der Waals surface area contributed by atoms with Crippen LogP contribution >= 0.6 is 11.8 Å². The number of nitrogens with zero attached hydrogens (tertiary/aromatic N) is 3. The zero-order valence-electron chi connectivity index (χ0n) is 17.3. The van der Waals surface area contributed by atoms with E-state index in [4.69, 9.17) is 0 Å². The number of hydrogen-bond acceptors (Lipinski definition) is 7. The Morgan fingerprint density at radius 2 is 1.91 bits per heavy atom. The second kappa shape index (κ2) is 9.06. The van der Waals surface area contributed by atoms with Crippen LogP contribution in [0.25, 0.3) is 16.7 Å². The molecule has 0 saturated carbocycles. The van der Waals surface area contributed by atoms with Crippen LogP contribution in [-0.2, 0) is 9.53 Å². The molecule has 4 rings (SSSR count). The second-order valence-electron chi connectivity index (χ2n) is 6.86. The lowest BCUT2D eigenvalue weighted by Crippen LogP contribution is -2.16. The fourth-order valence-electron chi connectivity index (χ4n) is 3.08. The molecule has 0 aliphatic rings. The van der Waals surface area contributed by atoms with Gasteiger partial charge in [0.1, 0.15) is 5.39 Å². The summed E-state index contributed by atoms with van der Waals surface area (Å²) in [7, 11) is 1.30. The second-order valence-corrected chi connectivity index (χ2v) is 7.82. The highest BCUT2D eigenvalue weighted by atomic mass is 32.2. The number of thioether (sulfide) groups is 1. The van der Waals surface area contributed by atoms with Gasteiger partial charge in [0, 0.05) is 5.69 Å². The fourth-order valence-corrected chi connectivity index (χ4v) is 3.74. The number of H-pyrrole nitrogens is 1. The van der Waals surface area contributed by atoms with Gasteiger partial charge in [-0.05, 0) is 42.8 Å². The van der Waals surface area contributed by atoms with E-state index >= 15 is 0 Å². The van der Waals surface area contributed by atoms with Crippen LogP contribution in [0.4, 0.5) is 5.69 Å². The normalized spacial score (nSPS) is 10.8. The molecule has 2 heterocycles. The zero-order chi connectivity index (χ0) is 22.7. The van der Waals surface area contributed by atoms with E-state index < -0.39 is 5.97 Å². The number of methoxy groups -OCH3 is 1. The summed E-state index contributed by atoms with van der Waals surface area (Å²) in [5.74, 6) is -0.698. The molecule has 2 aromatic carbocycles. The summed E-state index contributed by atoms with van der Waals surface area (Å²) in [5.41, 5.74) is 2.84. The van der Waals surface area contributed by atoms with Crippen LogP contribution in [0.3, 0.4) is 0 Å². The molecule has 0 spiro atoms. The van der Waals surface area contributed by atoms with Crippen LogP contribution < -0.4 is 10.9 Å². The number of hydrogen-bond donors (Lipinski definition) is 2. The van der Waals surface area contributed by atoms with Crippen molar-refractivity contribution in [2.75, 3.05) is 18.2 Å². The van der Waals surface area contributed by atoms with Gasteiger partial charge in [-0.3, -0.25) is 9.59 Å². The first-order valence-electron chi connectivity index (χ1n) is 9.61. The largest absolute Gasteiger partial charge is 0.465 e. The van der Waals surface area contributed by atoms with E-state index in [9.17, 15) is 14.4 Å². The maximum absolute atomic E-state index is 12.5. The van der Waals surface area contributed by atoms with Gasteiger partial charge < -0.3 is 15.0 Å². The quantitative estimate of drug-likeness (QED) is 0.264. The van der Waals surface area contributed by atoms with E-state index in [2.05, 4.69) is 25.1 Å². The van der Waals surface area contributed by atoms with Crippen molar-refractivity contribution in [3.05, 3.63) is 76.2 Å². The monoisotopic (exact) mass is 449 g/mol. The Morgan fingerprint density at radius 1 is 1.16 bits per heavy atom. The standard InChI is InChI=1S/C22H19N5O4S/c1-13-5-3-4-6-17(13)27-19-16(11-23-27)20(29)26-22(25-19)32-12-18(28)24-15-9-7-14(8-10-15)21(30)31-2/h3-11H,12H2,1-2H3,(H,24,28)(H,25,26,29). The van der Waals surface area contributed by atoms with Crippen molar-refractivity contribution in [2.45, 2.75) is 12.1 Å².